The lowest BCUT2D eigenvalue weighted by atomic mass is 10.3. The van der Waals surface area contributed by atoms with Crippen LogP contribution in [-0.2, 0) is 13.2 Å². The Morgan fingerprint density at radius 2 is 2.09 bits per heavy atom. The number of hydrogen-bond acceptors (Lipinski definition) is 5. The third-order valence-electron chi connectivity index (χ3n) is 3.43. The first-order valence-corrected chi connectivity index (χ1v) is 8.44. The first-order chi connectivity index (χ1) is 10.5. The van der Waals surface area contributed by atoms with E-state index in [1.54, 1.807) is 17.7 Å². The Bertz CT molecular complexity index is 797. The Labute approximate surface area is 138 Å². The molecular weight excluding hydrogens is 314 g/mol. The molecular formula is C15H19N5S2. The maximum atomic E-state index is 5.46. The molecule has 0 aliphatic heterocycles. The predicted octanol–water partition coefficient (Wildman–Crippen LogP) is 3.69. The van der Waals surface area contributed by atoms with Crippen molar-refractivity contribution in [3.8, 4) is 0 Å². The summed E-state index contributed by atoms with van der Waals surface area (Å²) in [4.78, 5) is 6.84. The van der Waals surface area contributed by atoms with Gasteiger partial charge in [-0.2, -0.15) is 5.10 Å². The molecule has 0 aliphatic carbocycles. The average molecular weight is 333 g/mol. The molecule has 2 heterocycles. The third-order valence-corrected chi connectivity index (χ3v) is 4.87. The van der Waals surface area contributed by atoms with E-state index in [9.17, 15) is 0 Å². The lowest BCUT2D eigenvalue weighted by molar-refractivity contribution is 0.243. The Hall–Kier alpha value is -1.57. The smallest absolute Gasteiger partial charge is 0.199 e. The summed E-state index contributed by atoms with van der Waals surface area (Å²) in [6, 6.07) is 8.56. The summed E-state index contributed by atoms with van der Waals surface area (Å²) in [6.07, 6.45) is 1.80. The number of aromatic nitrogens is 4. The summed E-state index contributed by atoms with van der Waals surface area (Å²) in [7, 11) is 2.06. The largest absolute Gasteiger partial charge is 0.304 e. The molecule has 3 rings (SSSR count). The van der Waals surface area contributed by atoms with E-state index >= 15 is 0 Å². The van der Waals surface area contributed by atoms with Gasteiger partial charge in [-0.1, -0.05) is 12.1 Å². The highest BCUT2D eigenvalue weighted by Crippen LogP contribution is 2.22. The van der Waals surface area contributed by atoms with Crippen LogP contribution in [0, 0.1) is 4.77 Å². The van der Waals surface area contributed by atoms with Gasteiger partial charge in [0.25, 0.3) is 0 Å². The van der Waals surface area contributed by atoms with Crippen molar-refractivity contribution < 1.29 is 0 Å². The Morgan fingerprint density at radius 3 is 2.77 bits per heavy atom. The first-order valence-electron chi connectivity index (χ1n) is 7.21. The van der Waals surface area contributed by atoms with Gasteiger partial charge in [-0.15, -0.1) is 11.3 Å². The van der Waals surface area contributed by atoms with Crippen LogP contribution in [0.3, 0.4) is 0 Å². The molecule has 0 aliphatic rings. The number of nitrogens with zero attached hydrogens (tertiary/aromatic N) is 5. The van der Waals surface area contributed by atoms with E-state index in [-0.39, 0.29) is 0 Å². The second kappa shape index (κ2) is 6.28. The van der Waals surface area contributed by atoms with Gasteiger partial charge in [-0.05, 0) is 45.2 Å². The van der Waals surface area contributed by atoms with E-state index < -0.39 is 0 Å². The monoisotopic (exact) mass is 333 g/mol. The second-order valence-electron chi connectivity index (χ2n) is 5.64. The fourth-order valence-electron chi connectivity index (χ4n) is 2.30. The minimum absolute atomic E-state index is 0.329. The maximum absolute atomic E-state index is 5.46. The first kappa shape index (κ1) is 15.3. The van der Waals surface area contributed by atoms with Crippen LogP contribution in [0.1, 0.15) is 24.9 Å². The molecule has 0 saturated heterocycles. The molecule has 0 fully saturated rings. The highest BCUT2D eigenvalue weighted by molar-refractivity contribution is 7.71. The zero-order valence-electron chi connectivity index (χ0n) is 12.9. The average Bonchev–Trinajstić information content (AvgIpc) is 3.02. The van der Waals surface area contributed by atoms with Gasteiger partial charge in [0.05, 0.1) is 23.4 Å². The van der Waals surface area contributed by atoms with Crippen molar-refractivity contribution in [3.05, 3.63) is 40.4 Å². The van der Waals surface area contributed by atoms with Gasteiger partial charge in [-0.25, -0.2) is 9.67 Å². The van der Waals surface area contributed by atoms with E-state index in [1.165, 1.54) is 4.70 Å². The molecule has 22 heavy (non-hydrogen) atoms. The predicted molar refractivity (Wildman–Crippen MR) is 92.5 cm³/mol. The zero-order chi connectivity index (χ0) is 15.7. The number of fused-ring (bicyclic) bond motifs is 1. The van der Waals surface area contributed by atoms with Crippen molar-refractivity contribution >= 4 is 33.8 Å². The fraction of sp³-hybridized carbons (Fsp3) is 0.400. The molecule has 0 bridgehead atoms. The van der Waals surface area contributed by atoms with E-state index in [0.717, 1.165) is 21.8 Å². The molecule has 7 heteroatoms. The fourth-order valence-corrected chi connectivity index (χ4v) is 3.71. The molecule has 5 nitrogen and oxygen atoms in total. The lowest BCUT2D eigenvalue weighted by Gasteiger charge is -2.14. The van der Waals surface area contributed by atoms with Crippen molar-refractivity contribution in [2.45, 2.75) is 33.1 Å². The summed E-state index contributed by atoms with van der Waals surface area (Å²) >= 11 is 7.20. The van der Waals surface area contributed by atoms with Gasteiger partial charge in [0.2, 0.25) is 0 Å². The Morgan fingerprint density at radius 1 is 1.32 bits per heavy atom. The van der Waals surface area contributed by atoms with Crippen molar-refractivity contribution in [1.29, 1.82) is 0 Å². The molecule has 0 N–H and O–H groups in total. The van der Waals surface area contributed by atoms with Gasteiger partial charge in [-0.3, -0.25) is 4.90 Å². The van der Waals surface area contributed by atoms with Gasteiger partial charge in [0.15, 0.2) is 4.77 Å². The van der Waals surface area contributed by atoms with E-state index in [2.05, 4.69) is 48.0 Å². The molecule has 0 unspecified atom stereocenters. The molecule has 3 aromatic rings. The van der Waals surface area contributed by atoms with Crippen molar-refractivity contribution in [2.24, 2.45) is 0 Å². The van der Waals surface area contributed by atoms with E-state index in [0.29, 0.717) is 12.7 Å². The van der Waals surface area contributed by atoms with Gasteiger partial charge < -0.3 is 4.57 Å². The van der Waals surface area contributed by atoms with Crippen LogP contribution in [0.25, 0.3) is 10.2 Å². The second-order valence-corrected chi connectivity index (χ2v) is 7.13. The number of thiazole rings is 1. The van der Waals surface area contributed by atoms with Crippen LogP contribution in [0.2, 0.25) is 0 Å². The standard InChI is InChI=1S/C15H19N5S2/c1-11(2)19-9-16-20(15(19)21)10-18(3)8-14-17-12-6-4-5-7-13(12)22-14/h4-7,9,11H,8,10H2,1-3H3. The number of rotatable bonds is 5. The summed E-state index contributed by atoms with van der Waals surface area (Å²) < 4.78 is 5.83. The number of benzene rings is 1. The quantitative estimate of drug-likeness (QED) is 0.668. The summed E-state index contributed by atoms with van der Waals surface area (Å²) in [5.74, 6) is 0. The Kier molecular flexibility index (Phi) is 4.37. The topological polar surface area (TPSA) is 38.9 Å². The summed E-state index contributed by atoms with van der Waals surface area (Å²) in [6.45, 7) is 5.66. The normalized spacial score (nSPS) is 11.9. The number of para-hydroxylation sites is 1. The SMILES string of the molecule is CC(C)n1cnn(CN(C)Cc2nc3ccccc3s2)c1=S. The zero-order valence-corrected chi connectivity index (χ0v) is 14.6. The van der Waals surface area contributed by atoms with Gasteiger partial charge in [0.1, 0.15) is 11.3 Å². The van der Waals surface area contributed by atoms with E-state index in [1.807, 2.05) is 21.4 Å². The molecule has 0 spiro atoms. The van der Waals surface area contributed by atoms with Crippen LogP contribution in [0.5, 0.6) is 0 Å². The molecule has 0 atom stereocenters. The van der Waals surface area contributed by atoms with Crippen LogP contribution < -0.4 is 0 Å². The van der Waals surface area contributed by atoms with Gasteiger partial charge in [0, 0.05) is 6.04 Å². The highest BCUT2D eigenvalue weighted by atomic mass is 32.1. The van der Waals surface area contributed by atoms with Crippen molar-refractivity contribution in [1.82, 2.24) is 24.2 Å². The van der Waals surface area contributed by atoms with Crippen LogP contribution >= 0.6 is 23.6 Å². The molecule has 0 saturated carbocycles. The van der Waals surface area contributed by atoms with Crippen molar-refractivity contribution in [3.63, 3.8) is 0 Å². The third kappa shape index (κ3) is 3.11. The van der Waals surface area contributed by atoms with Gasteiger partial charge >= 0.3 is 0 Å². The minimum atomic E-state index is 0.329. The minimum Gasteiger partial charge on any atom is -0.304 e. The molecule has 1 aromatic carbocycles. The summed E-state index contributed by atoms with van der Waals surface area (Å²) in [5, 5.41) is 5.49. The number of hydrogen-bond donors (Lipinski definition) is 0. The van der Waals surface area contributed by atoms with Crippen LogP contribution in [0.4, 0.5) is 0 Å². The molecule has 116 valence electrons. The molecule has 0 amide bonds. The molecule has 2 aromatic heterocycles. The van der Waals surface area contributed by atoms with E-state index in [4.69, 9.17) is 12.2 Å². The lowest BCUT2D eigenvalue weighted by Crippen LogP contribution is -2.22. The van der Waals surface area contributed by atoms with Crippen LogP contribution in [0.15, 0.2) is 30.6 Å². The summed E-state index contributed by atoms with van der Waals surface area (Å²) in [5.41, 5.74) is 1.07. The maximum Gasteiger partial charge on any atom is 0.199 e. The highest BCUT2D eigenvalue weighted by Gasteiger charge is 2.10. The van der Waals surface area contributed by atoms with Crippen LogP contribution in [-0.4, -0.2) is 31.3 Å². The molecule has 0 radical (unpaired) electrons. The Balaban J connectivity index is 1.72. The van der Waals surface area contributed by atoms with Crippen molar-refractivity contribution in [2.75, 3.05) is 7.05 Å².